The van der Waals surface area contributed by atoms with Crippen LogP contribution in [0.4, 0.5) is 0 Å². The van der Waals surface area contributed by atoms with Crippen molar-refractivity contribution in [3.05, 3.63) is 71.4 Å². The molecule has 0 aliphatic rings. The van der Waals surface area contributed by atoms with Crippen molar-refractivity contribution in [2.75, 3.05) is 14.1 Å². The maximum atomic E-state index is 12.1. The van der Waals surface area contributed by atoms with Crippen molar-refractivity contribution in [2.45, 2.75) is 6.92 Å². The van der Waals surface area contributed by atoms with E-state index in [0.29, 0.717) is 16.8 Å². The SMILES string of the molecule is C=N/C(N)=C(\N=C(/C)c1ccc(C(=O)N(C)C)cc1)c1nnc(-c2cccc(O)c2)o1. The Morgan fingerprint density at radius 2 is 1.81 bits per heavy atom. The highest BCUT2D eigenvalue weighted by Crippen LogP contribution is 2.26. The molecule has 0 radical (unpaired) electrons. The molecule has 9 nitrogen and oxygen atoms in total. The lowest BCUT2D eigenvalue weighted by atomic mass is 10.1. The van der Waals surface area contributed by atoms with E-state index in [1.54, 1.807) is 57.4 Å². The molecule has 1 amide bonds. The predicted molar refractivity (Wildman–Crippen MR) is 119 cm³/mol. The number of phenols is 1. The Balaban J connectivity index is 1.95. The highest BCUT2D eigenvalue weighted by Gasteiger charge is 2.17. The van der Waals surface area contributed by atoms with E-state index in [4.69, 9.17) is 10.2 Å². The molecule has 0 fully saturated rings. The standard InChI is InChI=1S/C22H22N6O3/c1-13(14-8-10-15(11-9-14)22(30)28(3)4)25-18(19(23)24-2)21-27-26-20(31-21)16-6-5-7-17(29)12-16/h5-12,29H,2,23H2,1,3-4H3/b19-18-,25-13+. The molecule has 0 aliphatic carbocycles. The molecule has 0 unspecified atom stereocenters. The molecular formula is C22H22N6O3. The Bertz CT molecular complexity index is 1180. The molecule has 31 heavy (non-hydrogen) atoms. The average Bonchev–Trinajstić information content (AvgIpc) is 3.26. The zero-order valence-electron chi connectivity index (χ0n) is 17.4. The summed E-state index contributed by atoms with van der Waals surface area (Å²) < 4.78 is 5.71. The van der Waals surface area contributed by atoms with Crippen molar-refractivity contribution >= 4 is 24.0 Å². The van der Waals surface area contributed by atoms with E-state index in [-0.39, 0.29) is 35.0 Å². The van der Waals surface area contributed by atoms with E-state index in [9.17, 15) is 9.90 Å². The number of carbonyl (C=O) groups excluding carboxylic acids is 1. The smallest absolute Gasteiger partial charge is 0.270 e. The third-order valence-electron chi connectivity index (χ3n) is 4.37. The van der Waals surface area contributed by atoms with E-state index >= 15 is 0 Å². The number of hydrogen-bond acceptors (Lipinski definition) is 8. The van der Waals surface area contributed by atoms with Gasteiger partial charge in [0, 0.05) is 30.9 Å². The van der Waals surface area contributed by atoms with Crippen molar-refractivity contribution in [3.63, 3.8) is 0 Å². The minimum atomic E-state index is -0.0906. The van der Waals surface area contributed by atoms with E-state index in [1.807, 2.05) is 0 Å². The van der Waals surface area contributed by atoms with Crippen LogP contribution in [0.25, 0.3) is 17.2 Å². The van der Waals surface area contributed by atoms with Crippen molar-refractivity contribution < 1.29 is 14.3 Å². The highest BCUT2D eigenvalue weighted by molar-refractivity contribution is 6.02. The van der Waals surface area contributed by atoms with E-state index in [0.717, 1.165) is 5.56 Å². The van der Waals surface area contributed by atoms with Crippen LogP contribution >= 0.6 is 0 Å². The Labute approximate surface area is 179 Å². The summed E-state index contributed by atoms with van der Waals surface area (Å²) >= 11 is 0. The fraction of sp³-hybridized carbons (Fsp3) is 0.136. The van der Waals surface area contributed by atoms with Gasteiger partial charge in [-0.3, -0.25) is 4.79 Å². The molecule has 0 atom stereocenters. The molecule has 0 aliphatic heterocycles. The number of nitrogens with zero attached hydrogens (tertiary/aromatic N) is 5. The van der Waals surface area contributed by atoms with Crippen molar-refractivity contribution in [2.24, 2.45) is 15.7 Å². The lowest BCUT2D eigenvalue weighted by Crippen LogP contribution is -2.21. The monoisotopic (exact) mass is 418 g/mol. The number of amides is 1. The molecule has 0 spiro atoms. The zero-order chi connectivity index (χ0) is 22.5. The average molecular weight is 418 g/mol. The third kappa shape index (κ3) is 4.84. The molecule has 0 saturated heterocycles. The van der Waals surface area contributed by atoms with Gasteiger partial charge in [0.15, 0.2) is 11.5 Å². The molecule has 9 heteroatoms. The highest BCUT2D eigenvalue weighted by atomic mass is 16.4. The van der Waals surface area contributed by atoms with E-state index in [1.165, 1.54) is 17.0 Å². The minimum absolute atomic E-state index is 0.0184. The van der Waals surface area contributed by atoms with Gasteiger partial charge in [0.05, 0.1) is 0 Å². The Hall–Kier alpha value is -4.27. The second-order valence-corrected chi connectivity index (χ2v) is 6.83. The molecule has 3 N–H and O–H groups in total. The zero-order valence-corrected chi connectivity index (χ0v) is 17.4. The number of nitrogens with two attached hydrogens (primary N) is 1. The lowest BCUT2D eigenvalue weighted by molar-refractivity contribution is 0.0827. The number of benzene rings is 2. The largest absolute Gasteiger partial charge is 0.508 e. The number of carbonyl (C=O) groups is 1. The van der Waals surface area contributed by atoms with Gasteiger partial charge in [0.25, 0.3) is 11.8 Å². The fourth-order valence-electron chi connectivity index (χ4n) is 2.71. The van der Waals surface area contributed by atoms with Gasteiger partial charge in [-0.25, -0.2) is 9.98 Å². The molecule has 0 saturated carbocycles. The Morgan fingerprint density at radius 3 is 2.42 bits per heavy atom. The molecule has 158 valence electrons. The number of aliphatic imine (C=N–C) groups is 2. The molecule has 2 aromatic carbocycles. The number of rotatable bonds is 6. The Morgan fingerprint density at radius 1 is 1.13 bits per heavy atom. The topological polar surface area (TPSA) is 130 Å². The first-order valence-electron chi connectivity index (χ1n) is 9.27. The summed E-state index contributed by atoms with van der Waals surface area (Å²) in [4.78, 5) is 21.8. The van der Waals surface area contributed by atoms with Gasteiger partial charge in [0.2, 0.25) is 5.89 Å². The van der Waals surface area contributed by atoms with Crippen LogP contribution < -0.4 is 5.73 Å². The van der Waals surface area contributed by atoms with Crippen LogP contribution in [0, 0.1) is 0 Å². The van der Waals surface area contributed by atoms with Crippen molar-refractivity contribution in [3.8, 4) is 17.2 Å². The van der Waals surface area contributed by atoms with Gasteiger partial charge < -0.3 is 20.2 Å². The molecule has 1 aromatic heterocycles. The van der Waals surface area contributed by atoms with Gasteiger partial charge in [0.1, 0.15) is 5.75 Å². The first kappa shape index (κ1) is 21.4. The molecule has 3 aromatic rings. The van der Waals surface area contributed by atoms with Crippen LogP contribution in [-0.4, -0.2) is 52.6 Å². The summed E-state index contributed by atoms with van der Waals surface area (Å²) in [6.07, 6.45) is 0. The molecule has 3 rings (SSSR count). The van der Waals surface area contributed by atoms with Crippen molar-refractivity contribution in [1.29, 1.82) is 0 Å². The lowest BCUT2D eigenvalue weighted by Gasteiger charge is -2.10. The number of aromatic hydroxyl groups is 1. The maximum Gasteiger partial charge on any atom is 0.270 e. The van der Waals surface area contributed by atoms with E-state index < -0.39 is 0 Å². The second-order valence-electron chi connectivity index (χ2n) is 6.83. The third-order valence-corrected chi connectivity index (χ3v) is 4.37. The predicted octanol–water partition coefficient (Wildman–Crippen LogP) is 2.94. The summed E-state index contributed by atoms with van der Waals surface area (Å²) in [6.45, 7) is 5.23. The van der Waals surface area contributed by atoms with Crippen LogP contribution in [0.2, 0.25) is 0 Å². The molecule has 1 heterocycles. The summed E-state index contributed by atoms with van der Waals surface area (Å²) in [5.74, 6) is 0.254. The summed E-state index contributed by atoms with van der Waals surface area (Å²) in [5.41, 5.74) is 8.62. The quantitative estimate of drug-likeness (QED) is 0.592. The number of phenolic OH excluding ortho intramolecular Hbond substituents is 1. The van der Waals surface area contributed by atoms with Gasteiger partial charge in [-0.05, 0) is 49.5 Å². The van der Waals surface area contributed by atoms with Crippen LogP contribution in [0.5, 0.6) is 5.75 Å². The second kappa shape index (κ2) is 9.04. The number of aromatic nitrogens is 2. The fourth-order valence-corrected chi connectivity index (χ4v) is 2.71. The van der Waals surface area contributed by atoms with Crippen molar-refractivity contribution in [1.82, 2.24) is 15.1 Å². The van der Waals surface area contributed by atoms with Crippen LogP contribution in [0.3, 0.4) is 0 Å². The van der Waals surface area contributed by atoms with Gasteiger partial charge in [-0.2, -0.15) is 0 Å². The normalized spacial score (nSPS) is 12.3. The first-order valence-corrected chi connectivity index (χ1v) is 9.27. The molecule has 0 bridgehead atoms. The molecular weight excluding hydrogens is 396 g/mol. The van der Waals surface area contributed by atoms with Crippen LogP contribution in [0.15, 0.2) is 68.8 Å². The van der Waals surface area contributed by atoms with Crippen LogP contribution in [0.1, 0.15) is 28.7 Å². The summed E-state index contributed by atoms with van der Waals surface area (Å²) in [5, 5.41) is 17.7. The van der Waals surface area contributed by atoms with Gasteiger partial charge in [-0.15, -0.1) is 10.2 Å². The van der Waals surface area contributed by atoms with Gasteiger partial charge in [-0.1, -0.05) is 18.2 Å². The minimum Gasteiger partial charge on any atom is -0.508 e. The van der Waals surface area contributed by atoms with E-state index in [2.05, 4.69) is 26.9 Å². The van der Waals surface area contributed by atoms with Gasteiger partial charge >= 0.3 is 0 Å². The Kier molecular flexibility index (Phi) is 6.25. The maximum absolute atomic E-state index is 12.1. The number of hydrogen-bond donors (Lipinski definition) is 2. The van der Waals surface area contributed by atoms with Crippen LogP contribution in [-0.2, 0) is 0 Å². The first-order chi connectivity index (χ1) is 14.8. The summed E-state index contributed by atoms with van der Waals surface area (Å²) in [7, 11) is 3.39. The summed E-state index contributed by atoms with van der Waals surface area (Å²) in [6, 6.07) is 13.5.